The summed E-state index contributed by atoms with van der Waals surface area (Å²) in [7, 11) is 0. The molecular formula is C35H42IrNO3-. The summed E-state index contributed by atoms with van der Waals surface area (Å²) in [6.45, 7) is 20.6. The van der Waals surface area contributed by atoms with Gasteiger partial charge in [-0.25, -0.2) is 0 Å². The minimum atomic E-state index is -0.125. The van der Waals surface area contributed by atoms with Crippen molar-refractivity contribution in [2.75, 3.05) is 0 Å². The molecule has 0 fully saturated rings. The Labute approximate surface area is 253 Å². The smallest absolute Gasteiger partial charge is 0.155 e. The number of aliphatic hydroxyl groups excluding tert-OH is 1. The van der Waals surface area contributed by atoms with Crippen molar-refractivity contribution in [3.63, 3.8) is 0 Å². The molecule has 0 aliphatic carbocycles. The zero-order valence-electron chi connectivity index (χ0n) is 25.4. The van der Waals surface area contributed by atoms with Crippen molar-refractivity contribution in [3.05, 3.63) is 88.8 Å². The summed E-state index contributed by atoms with van der Waals surface area (Å²) >= 11 is 0. The number of hydrogen-bond acceptors (Lipinski definition) is 4. The van der Waals surface area contributed by atoms with E-state index >= 15 is 0 Å². The molecule has 0 aliphatic rings. The van der Waals surface area contributed by atoms with Gasteiger partial charge in [0, 0.05) is 43.3 Å². The van der Waals surface area contributed by atoms with Crippen molar-refractivity contribution < 1.29 is 34.4 Å². The van der Waals surface area contributed by atoms with Crippen molar-refractivity contribution in [1.29, 1.82) is 0 Å². The van der Waals surface area contributed by atoms with Gasteiger partial charge >= 0.3 is 0 Å². The Balaban J connectivity index is 0.000000623. The normalized spacial score (nSPS) is 11.8. The Hall–Kier alpha value is -3.01. The van der Waals surface area contributed by atoms with Gasteiger partial charge in [0.25, 0.3) is 0 Å². The maximum absolute atomic E-state index is 10.0. The summed E-state index contributed by atoms with van der Waals surface area (Å²) in [6, 6.07) is 18.7. The molecular weight excluding hydrogens is 675 g/mol. The van der Waals surface area contributed by atoms with Gasteiger partial charge in [-0.05, 0) is 60.1 Å². The van der Waals surface area contributed by atoms with E-state index in [-0.39, 0.29) is 37.1 Å². The van der Waals surface area contributed by atoms with Crippen LogP contribution in [0.4, 0.5) is 0 Å². The predicted octanol–water partition coefficient (Wildman–Crippen LogP) is 9.85. The molecule has 4 nitrogen and oxygen atoms in total. The maximum atomic E-state index is 10.0. The van der Waals surface area contributed by atoms with Gasteiger partial charge in [-0.1, -0.05) is 73.6 Å². The SMILES string of the molecule is CC(=O)/C=C(/C)O.Cc1[c-]c(-c2cc3oc(-c4c(C(C)C)cccc4C(C)C)cc3cn2)cc(C(C)(C)C)c1.[Ir]. The van der Waals surface area contributed by atoms with Crippen LogP contribution in [0.3, 0.4) is 0 Å². The third-order valence-corrected chi connectivity index (χ3v) is 6.58. The molecule has 40 heavy (non-hydrogen) atoms. The number of ketones is 1. The first-order chi connectivity index (χ1) is 18.2. The quantitative estimate of drug-likeness (QED) is 0.127. The molecule has 2 heterocycles. The van der Waals surface area contributed by atoms with Crippen LogP contribution in [0.15, 0.2) is 64.9 Å². The number of hydrogen-bond donors (Lipinski definition) is 1. The second-order valence-corrected chi connectivity index (χ2v) is 12.0. The fourth-order valence-electron chi connectivity index (χ4n) is 4.62. The first-order valence-electron chi connectivity index (χ1n) is 13.6. The van der Waals surface area contributed by atoms with Crippen molar-refractivity contribution in [2.24, 2.45) is 0 Å². The van der Waals surface area contributed by atoms with E-state index in [9.17, 15) is 4.79 Å². The van der Waals surface area contributed by atoms with Gasteiger partial charge in [-0.15, -0.1) is 34.9 Å². The molecule has 0 bridgehead atoms. The van der Waals surface area contributed by atoms with Gasteiger partial charge < -0.3 is 14.5 Å². The van der Waals surface area contributed by atoms with E-state index in [2.05, 4.69) is 104 Å². The summed E-state index contributed by atoms with van der Waals surface area (Å²) in [5.41, 5.74) is 9.15. The number of pyridine rings is 1. The van der Waals surface area contributed by atoms with Crippen molar-refractivity contribution in [2.45, 2.75) is 86.5 Å². The first-order valence-corrected chi connectivity index (χ1v) is 13.6. The third kappa shape index (κ3) is 8.25. The van der Waals surface area contributed by atoms with E-state index in [0.717, 1.165) is 33.6 Å². The zero-order valence-corrected chi connectivity index (χ0v) is 27.8. The second-order valence-electron chi connectivity index (χ2n) is 12.0. The minimum absolute atomic E-state index is 0. The van der Waals surface area contributed by atoms with Crippen LogP contribution in [-0.2, 0) is 30.3 Å². The molecule has 4 rings (SSSR count). The Morgan fingerprint density at radius 3 is 2.08 bits per heavy atom. The van der Waals surface area contributed by atoms with Crippen LogP contribution in [0, 0.1) is 13.0 Å². The third-order valence-electron chi connectivity index (χ3n) is 6.58. The van der Waals surface area contributed by atoms with Crippen molar-refractivity contribution >= 4 is 16.8 Å². The fraction of sp³-hybridized carbons (Fsp3) is 0.371. The number of aliphatic hydroxyl groups is 1. The number of aryl methyl sites for hydroxylation is 1. The number of carbonyl (C=O) groups excluding carboxylic acids is 1. The molecule has 0 amide bonds. The average Bonchev–Trinajstić information content (AvgIpc) is 3.25. The maximum Gasteiger partial charge on any atom is 0.155 e. The van der Waals surface area contributed by atoms with Gasteiger partial charge in [0.05, 0.1) is 5.76 Å². The molecule has 0 unspecified atom stereocenters. The molecule has 1 radical (unpaired) electrons. The van der Waals surface area contributed by atoms with Crippen LogP contribution >= 0.6 is 0 Å². The molecule has 0 saturated carbocycles. The number of aromatic nitrogens is 1. The number of nitrogens with zero attached hydrogens (tertiary/aromatic N) is 1. The summed E-state index contributed by atoms with van der Waals surface area (Å²) in [6.07, 6.45) is 3.09. The summed E-state index contributed by atoms with van der Waals surface area (Å²) in [4.78, 5) is 14.8. The Kier molecular flexibility index (Phi) is 11.3. The summed E-state index contributed by atoms with van der Waals surface area (Å²) < 4.78 is 6.47. The molecule has 5 heteroatoms. The van der Waals surface area contributed by atoms with Gasteiger partial charge in [-0.2, -0.15) is 0 Å². The van der Waals surface area contributed by atoms with E-state index in [1.165, 1.54) is 42.2 Å². The largest absolute Gasteiger partial charge is 0.512 e. The van der Waals surface area contributed by atoms with Gasteiger partial charge in [0.15, 0.2) is 5.78 Å². The number of allylic oxidation sites excluding steroid dienone is 2. The molecule has 2 aromatic heterocycles. The van der Waals surface area contributed by atoms with E-state index in [4.69, 9.17) is 14.5 Å². The van der Waals surface area contributed by atoms with Crippen LogP contribution in [0.5, 0.6) is 0 Å². The van der Waals surface area contributed by atoms with E-state index in [1.807, 2.05) is 6.20 Å². The van der Waals surface area contributed by atoms with Crippen LogP contribution in [-0.4, -0.2) is 15.9 Å². The zero-order chi connectivity index (χ0) is 29.1. The van der Waals surface area contributed by atoms with E-state index in [1.54, 1.807) is 0 Å². The standard InChI is InChI=1S/C30H34NO.C5H8O2.Ir/c1-18(2)24-10-9-11-25(19(3)4)29(24)28-15-22-17-31-26(16-27(22)32-28)21-12-20(5)13-23(14-21)30(6,7)8;1-4(6)3-5(2)7;/h9-11,13-19H,1-8H3;3,6H,1-2H3;/q-1;;/b;4-3-;. The number of rotatable bonds is 5. The van der Waals surface area contributed by atoms with E-state index < -0.39 is 0 Å². The summed E-state index contributed by atoms with van der Waals surface area (Å²) in [5.74, 6) is 1.70. The topological polar surface area (TPSA) is 63.3 Å². The first kappa shape index (κ1) is 33.2. The monoisotopic (exact) mass is 717 g/mol. The molecule has 2 aromatic carbocycles. The minimum Gasteiger partial charge on any atom is -0.512 e. The number of benzene rings is 2. The Morgan fingerprint density at radius 2 is 1.60 bits per heavy atom. The molecule has 0 saturated heterocycles. The van der Waals surface area contributed by atoms with Gasteiger partial charge in [0.1, 0.15) is 11.3 Å². The van der Waals surface area contributed by atoms with E-state index in [0.29, 0.717) is 11.8 Å². The van der Waals surface area contributed by atoms with Crippen molar-refractivity contribution in [3.8, 4) is 22.6 Å². The molecule has 1 N–H and O–H groups in total. The molecule has 215 valence electrons. The predicted molar refractivity (Wildman–Crippen MR) is 162 cm³/mol. The fourth-order valence-corrected chi connectivity index (χ4v) is 4.62. The summed E-state index contributed by atoms with van der Waals surface area (Å²) in [5, 5.41) is 9.39. The molecule has 4 aromatic rings. The average molecular weight is 717 g/mol. The van der Waals surface area contributed by atoms with Gasteiger partial charge in [-0.3, -0.25) is 4.79 Å². The van der Waals surface area contributed by atoms with Crippen molar-refractivity contribution in [1.82, 2.24) is 4.98 Å². The molecule has 0 atom stereocenters. The number of carbonyl (C=O) groups is 1. The number of fused-ring (bicyclic) bond motifs is 1. The van der Waals surface area contributed by atoms with Crippen LogP contribution in [0.1, 0.15) is 96.4 Å². The molecule has 0 spiro atoms. The van der Waals surface area contributed by atoms with Crippen LogP contribution < -0.4 is 0 Å². The molecule has 0 aliphatic heterocycles. The Bertz CT molecular complexity index is 1470. The number of furan rings is 1. The Morgan fingerprint density at radius 1 is 1.00 bits per heavy atom. The van der Waals surface area contributed by atoms with Crippen LogP contribution in [0.2, 0.25) is 0 Å². The van der Waals surface area contributed by atoms with Crippen LogP contribution in [0.25, 0.3) is 33.6 Å². The second kappa shape index (κ2) is 13.6. The van der Waals surface area contributed by atoms with Gasteiger partial charge in [0.2, 0.25) is 0 Å².